The van der Waals surface area contributed by atoms with Crippen molar-refractivity contribution < 1.29 is 9.53 Å². The molecule has 15 saturated carbocycles. The molecule has 1 aromatic rings. The molecule has 0 unspecified atom stereocenters. The molecule has 15 aliphatic carbocycles. The Kier molecular flexibility index (Phi) is 23.0. The Morgan fingerprint density at radius 3 is 0.804 bits per heavy atom. The van der Waals surface area contributed by atoms with E-state index in [9.17, 15) is 0 Å². The van der Waals surface area contributed by atoms with Gasteiger partial charge in [-0.15, -0.1) is 0 Å². The molecule has 0 N–H and O–H groups in total. The van der Waals surface area contributed by atoms with Gasteiger partial charge in [0.25, 0.3) is 11.1 Å². The van der Waals surface area contributed by atoms with Crippen LogP contribution in [0.4, 0.5) is 5.69 Å². The minimum atomic E-state index is -0.347. The second-order valence-corrected chi connectivity index (χ2v) is 43.7. The highest BCUT2D eigenvalue weighted by molar-refractivity contribution is 7.80. The second-order valence-electron chi connectivity index (χ2n) is 43.4. The van der Waals surface area contributed by atoms with E-state index >= 15 is 4.79 Å². The summed E-state index contributed by atoms with van der Waals surface area (Å²) in [5.41, 5.74) is 6.30. The number of carbonyl (C=O) groups is 1. The lowest BCUT2D eigenvalue weighted by Crippen LogP contribution is -2.78. The predicted octanol–water partition coefficient (Wildman–Crippen LogP) is 30.9. The van der Waals surface area contributed by atoms with Crippen LogP contribution in [0.2, 0.25) is 0 Å². The van der Waals surface area contributed by atoms with Gasteiger partial charge in [-0.3, -0.25) is 9.69 Å². The lowest BCUT2D eigenvalue weighted by atomic mass is 9.20. The summed E-state index contributed by atoms with van der Waals surface area (Å²) >= 11 is 6.90. The second kappa shape index (κ2) is 31.6. The highest BCUT2D eigenvalue weighted by Crippen LogP contribution is 2.92. The molecular formula is C102H162N2O2S. The Hall–Kier alpha value is -1.88. The number of nitrogens with zero attached hydrogens (tertiary/aromatic N) is 2. The summed E-state index contributed by atoms with van der Waals surface area (Å²) in [6, 6.07) is 8.84. The van der Waals surface area contributed by atoms with Gasteiger partial charge in [-0.25, -0.2) is 0 Å². The van der Waals surface area contributed by atoms with Gasteiger partial charge in [0.15, 0.2) is 5.76 Å². The lowest BCUT2D eigenvalue weighted by molar-refractivity contribution is -0.360. The number of benzene rings is 1. The SMILES string of the molecule is CN(C)c1ccc(/C=C2/OC(=S)N(C3(C4(C5(C6(C7(C8(C9(C%10(C%11(C%12(C%13(C%14(C%15(C%16(C%17CCCCC%17)CCCCC%16)CCCCC%15)CCCCC%14)CCCCC%13)CCCCC%12)CCCCC%11)CCCCC%10)CCCCC9)CCCCC8)CCCCC7)CCCCC6)CCCCC5)CCCCC4)CCCCC3)C2=O)cc1. The van der Waals surface area contributed by atoms with Crippen LogP contribution in [0.3, 0.4) is 0 Å². The number of hydrogen-bond donors (Lipinski definition) is 0. The smallest absolute Gasteiger partial charge is 0.297 e. The van der Waals surface area contributed by atoms with Crippen molar-refractivity contribution in [1.82, 2.24) is 4.90 Å². The standard InChI is InChI=1S/C102H162N2O2S/c1-103(2)85-52-50-83(51-53-85)82-86-87(105)104(88(107)106-86)102(80-46-17-47-81-102)101(78-44-16-45-79-101)100(76-42-15-43-77-100)99(74-40-14-41-75-99)98(72-38-13-39-73-98)97(70-36-12-37-71-97)96(68-34-11-35-69-96)95(66-32-10-33-67-95)94(64-30-9-31-65-94)93(62-28-8-29-63-93)92(60-26-7-27-61-92)91(58-24-6-25-59-91)90(56-22-5-23-57-90)89(54-20-4-21-55-89)84-48-18-3-19-49-84/h50-53,82,84H,3-49,54-81H2,1-2H3/b86-82+. The van der Waals surface area contributed by atoms with E-state index in [-0.39, 0.29) is 33.1 Å². The highest BCUT2D eigenvalue weighted by atomic mass is 32.1. The maximum Gasteiger partial charge on any atom is 0.297 e. The van der Waals surface area contributed by atoms with Gasteiger partial charge < -0.3 is 9.64 Å². The number of amides is 1. The van der Waals surface area contributed by atoms with Crippen LogP contribution in [-0.2, 0) is 9.53 Å². The van der Waals surface area contributed by atoms with Crippen molar-refractivity contribution in [1.29, 1.82) is 0 Å². The molecule has 598 valence electrons. The van der Waals surface area contributed by atoms with Crippen LogP contribution >= 0.6 is 12.2 Å². The van der Waals surface area contributed by atoms with Crippen LogP contribution in [-0.4, -0.2) is 35.6 Å². The molecule has 1 heterocycles. The molecule has 0 aromatic heterocycles. The minimum absolute atomic E-state index is 0.0221. The Bertz CT molecular complexity index is 3120. The molecule has 1 amide bonds. The topological polar surface area (TPSA) is 32.8 Å². The number of hydrogen-bond acceptors (Lipinski definition) is 4. The van der Waals surface area contributed by atoms with Crippen molar-refractivity contribution >= 4 is 35.1 Å². The van der Waals surface area contributed by atoms with Crippen molar-refractivity contribution in [3.63, 3.8) is 0 Å². The van der Waals surface area contributed by atoms with E-state index in [1.165, 1.54) is 243 Å². The Labute approximate surface area is 663 Å². The maximum atomic E-state index is 16.7. The van der Waals surface area contributed by atoms with E-state index in [1.54, 1.807) is 231 Å². The molecule has 1 aromatic carbocycles. The summed E-state index contributed by atoms with van der Waals surface area (Å²) in [6.07, 6.45) is 115. The molecule has 1 aliphatic heterocycles. The average Bonchev–Trinajstić information content (AvgIpc) is 1.19. The summed E-state index contributed by atoms with van der Waals surface area (Å²) < 4.78 is 7.07. The Morgan fingerprint density at radius 2 is 0.523 bits per heavy atom. The van der Waals surface area contributed by atoms with E-state index in [2.05, 4.69) is 54.2 Å². The van der Waals surface area contributed by atoms with Gasteiger partial charge in [0.05, 0.1) is 5.54 Å². The van der Waals surface area contributed by atoms with Crippen molar-refractivity contribution in [2.24, 2.45) is 76.3 Å². The quantitative estimate of drug-likeness (QED) is 0.115. The molecule has 107 heavy (non-hydrogen) atoms. The normalized spacial score (nSPS) is 32.8. The van der Waals surface area contributed by atoms with Crippen molar-refractivity contribution in [2.75, 3.05) is 19.0 Å². The third kappa shape index (κ3) is 11.4. The highest BCUT2D eigenvalue weighted by Gasteiger charge is 2.85. The summed E-state index contributed by atoms with van der Waals surface area (Å²) in [6.45, 7) is 0. The van der Waals surface area contributed by atoms with Gasteiger partial charge >= 0.3 is 0 Å². The fourth-order valence-corrected chi connectivity index (χ4v) is 39.2. The zero-order valence-corrected chi connectivity index (χ0v) is 70.9. The molecule has 5 heteroatoms. The molecule has 0 bridgehead atoms. The molecule has 16 fully saturated rings. The third-order valence-corrected chi connectivity index (χ3v) is 41.4. The zero-order chi connectivity index (χ0) is 72.9. The van der Waals surface area contributed by atoms with Gasteiger partial charge in [0.2, 0.25) is 0 Å². The average molecular weight is 1480 g/mol. The molecule has 0 spiro atoms. The van der Waals surface area contributed by atoms with Crippen molar-refractivity contribution in [3.05, 3.63) is 35.6 Å². The van der Waals surface area contributed by atoms with Crippen molar-refractivity contribution in [3.8, 4) is 0 Å². The first-order valence-electron chi connectivity index (χ1n) is 49.5. The molecule has 17 rings (SSSR count). The van der Waals surface area contributed by atoms with Gasteiger partial charge in [-0.05, 0) is 300 Å². The monoisotopic (exact) mass is 1480 g/mol. The predicted molar refractivity (Wildman–Crippen MR) is 453 cm³/mol. The maximum absolute atomic E-state index is 16.7. The van der Waals surface area contributed by atoms with E-state index in [0.29, 0.717) is 59.7 Å². The van der Waals surface area contributed by atoms with E-state index < -0.39 is 0 Å². The molecule has 16 aliphatic rings. The summed E-state index contributed by atoms with van der Waals surface area (Å²) in [7, 11) is 4.26. The molecular weight excluding hydrogens is 1320 g/mol. The van der Waals surface area contributed by atoms with Gasteiger partial charge in [-0.2, -0.15) is 0 Å². The van der Waals surface area contributed by atoms with Crippen LogP contribution < -0.4 is 4.90 Å². The number of ether oxygens (including phenoxy) is 1. The number of carbonyl (C=O) groups excluding carboxylic acids is 1. The largest absolute Gasteiger partial charge is 0.426 e. The molecule has 1 saturated heterocycles. The van der Waals surface area contributed by atoms with E-state index in [4.69, 9.17) is 17.0 Å². The van der Waals surface area contributed by atoms with Crippen molar-refractivity contribution in [2.45, 2.75) is 487 Å². The van der Waals surface area contributed by atoms with Gasteiger partial charge in [-0.1, -0.05) is 301 Å². The zero-order valence-electron chi connectivity index (χ0n) is 70.1. The van der Waals surface area contributed by atoms with E-state index in [0.717, 1.165) is 24.3 Å². The Balaban J connectivity index is 0.918. The first-order valence-corrected chi connectivity index (χ1v) is 49.9. The number of rotatable bonds is 17. The van der Waals surface area contributed by atoms with Crippen LogP contribution in [0.15, 0.2) is 30.0 Å². The fourth-order valence-electron chi connectivity index (χ4n) is 38.9. The minimum Gasteiger partial charge on any atom is -0.426 e. The molecule has 0 atom stereocenters. The lowest BCUT2D eigenvalue weighted by Gasteiger charge is -2.84. The van der Waals surface area contributed by atoms with Gasteiger partial charge in [0, 0.05) is 25.2 Å². The number of anilines is 1. The first-order chi connectivity index (χ1) is 52.5. The fraction of sp³-hybridized carbons (Fsp3) is 0.902. The summed E-state index contributed by atoms with van der Waals surface area (Å²) in [4.78, 5) is 21.2. The first kappa shape index (κ1) is 77.7. The van der Waals surface area contributed by atoms with Gasteiger partial charge in [0.1, 0.15) is 0 Å². The molecule has 0 radical (unpaired) electrons. The Morgan fingerprint density at radius 1 is 0.299 bits per heavy atom. The van der Waals surface area contributed by atoms with Crippen LogP contribution in [0, 0.1) is 76.3 Å². The summed E-state index contributed by atoms with van der Waals surface area (Å²) in [5.74, 6) is 1.61. The van der Waals surface area contributed by atoms with Crippen LogP contribution in [0.5, 0.6) is 0 Å². The third-order valence-electron chi connectivity index (χ3n) is 41.1. The van der Waals surface area contributed by atoms with Crippen LogP contribution in [0.1, 0.15) is 487 Å². The number of thiocarbonyl (C=S) groups is 1. The van der Waals surface area contributed by atoms with E-state index in [1.807, 2.05) is 0 Å². The van der Waals surface area contributed by atoms with Crippen LogP contribution in [0.25, 0.3) is 6.08 Å². The summed E-state index contributed by atoms with van der Waals surface area (Å²) in [5, 5.41) is 0.524. The molecule has 4 nitrogen and oxygen atoms in total.